The molecule has 0 radical (unpaired) electrons. The summed E-state index contributed by atoms with van der Waals surface area (Å²) in [4.78, 5) is 23.8. The minimum Gasteiger partial charge on any atom is -0.449 e. The van der Waals surface area contributed by atoms with Crippen molar-refractivity contribution in [2.75, 3.05) is 5.32 Å². The van der Waals surface area contributed by atoms with Gasteiger partial charge in [-0.2, -0.15) is 5.26 Å². The summed E-state index contributed by atoms with van der Waals surface area (Å²) < 4.78 is 31.8. The van der Waals surface area contributed by atoms with Crippen molar-refractivity contribution < 1.29 is 23.1 Å². The van der Waals surface area contributed by atoms with Gasteiger partial charge in [0.15, 0.2) is 6.10 Å². The fourth-order valence-electron chi connectivity index (χ4n) is 1.84. The molecule has 24 heavy (non-hydrogen) atoms. The number of anilines is 1. The van der Waals surface area contributed by atoms with Gasteiger partial charge in [0.05, 0.1) is 11.6 Å². The molecule has 0 aromatic heterocycles. The first-order valence-corrected chi connectivity index (χ1v) is 6.88. The van der Waals surface area contributed by atoms with E-state index in [1.165, 1.54) is 31.2 Å². The number of benzene rings is 2. The van der Waals surface area contributed by atoms with Crippen LogP contribution in [0.3, 0.4) is 0 Å². The summed E-state index contributed by atoms with van der Waals surface area (Å²) in [5, 5.41) is 11.2. The Morgan fingerprint density at radius 2 is 1.71 bits per heavy atom. The van der Waals surface area contributed by atoms with Gasteiger partial charge in [-0.05, 0) is 43.3 Å². The predicted octanol–water partition coefficient (Wildman–Crippen LogP) is 3.02. The van der Waals surface area contributed by atoms with Crippen LogP contribution in [0.25, 0.3) is 0 Å². The molecule has 2 rings (SSSR count). The fourth-order valence-corrected chi connectivity index (χ4v) is 1.84. The molecule has 0 heterocycles. The lowest BCUT2D eigenvalue weighted by Gasteiger charge is -2.14. The number of esters is 1. The number of amides is 1. The van der Waals surface area contributed by atoms with E-state index >= 15 is 0 Å². The molecule has 2 aromatic rings. The zero-order valence-corrected chi connectivity index (χ0v) is 12.5. The lowest BCUT2D eigenvalue weighted by Crippen LogP contribution is -2.30. The molecule has 1 amide bonds. The van der Waals surface area contributed by atoms with Gasteiger partial charge in [-0.15, -0.1) is 0 Å². The summed E-state index contributed by atoms with van der Waals surface area (Å²) in [6, 6.07) is 10.9. The maximum Gasteiger partial charge on any atom is 0.344 e. The Labute approximate surface area is 136 Å². The van der Waals surface area contributed by atoms with Gasteiger partial charge in [0.1, 0.15) is 17.2 Å². The van der Waals surface area contributed by atoms with E-state index in [0.29, 0.717) is 11.3 Å². The van der Waals surface area contributed by atoms with Gasteiger partial charge in [-0.3, -0.25) is 4.79 Å². The highest BCUT2D eigenvalue weighted by molar-refractivity contribution is 5.97. The third-order valence-corrected chi connectivity index (χ3v) is 3.10. The highest BCUT2D eigenvalue weighted by Crippen LogP contribution is 2.15. The number of nitrogens with one attached hydrogen (secondary N) is 1. The van der Waals surface area contributed by atoms with Gasteiger partial charge in [0.2, 0.25) is 0 Å². The highest BCUT2D eigenvalue weighted by atomic mass is 19.1. The molecular formula is C17H12F2N2O3. The van der Waals surface area contributed by atoms with Crippen LogP contribution in [0.5, 0.6) is 0 Å². The molecule has 0 unspecified atom stereocenters. The molecule has 0 aliphatic carbocycles. The van der Waals surface area contributed by atoms with E-state index in [9.17, 15) is 18.4 Å². The second kappa shape index (κ2) is 7.33. The Morgan fingerprint density at radius 3 is 2.25 bits per heavy atom. The maximum atomic E-state index is 13.5. The summed E-state index contributed by atoms with van der Waals surface area (Å²) in [5.41, 5.74) is -0.0444. The number of hydrogen-bond acceptors (Lipinski definition) is 4. The fraction of sp³-hybridized carbons (Fsp3) is 0.118. The molecule has 122 valence electrons. The Hall–Kier alpha value is -3.27. The number of ether oxygens (including phenoxy) is 1. The number of nitriles is 1. The first kappa shape index (κ1) is 17.1. The van der Waals surface area contributed by atoms with Crippen molar-refractivity contribution in [3.8, 4) is 6.07 Å². The summed E-state index contributed by atoms with van der Waals surface area (Å²) in [7, 11) is 0. The highest BCUT2D eigenvalue weighted by Gasteiger charge is 2.24. The molecule has 0 bridgehead atoms. The zero-order valence-electron chi connectivity index (χ0n) is 12.5. The molecule has 0 fully saturated rings. The van der Waals surface area contributed by atoms with Gasteiger partial charge in [-0.25, -0.2) is 13.6 Å². The Morgan fingerprint density at radius 1 is 1.12 bits per heavy atom. The molecule has 7 heteroatoms. The third kappa shape index (κ3) is 3.93. The Bertz CT molecular complexity index is 793. The van der Waals surface area contributed by atoms with E-state index in [1.54, 1.807) is 0 Å². The van der Waals surface area contributed by atoms with Crippen LogP contribution in [0.15, 0.2) is 42.5 Å². The summed E-state index contributed by atoms with van der Waals surface area (Å²) in [6.07, 6.45) is -1.27. The molecular weight excluding hydrogens is 318 g/mol. The summed E-state index contributed by atoms with van der Waals surface area (Å²) in [5.74, 6) is -4.09. The van der Waals surface area contributed by atoms with Crippen LogP contribution in [0.4, 0.5) is 14.5 Å². The molecule has 0 aliphatic rings. The first-order valence-electron chi connectivity index (χ1n) is 6.88. The van der Waals surface area contributed by atoms with Crippen molar-refractivity contribution in [2.45, 2.75) is 13.0 Å². The van der Waals surface area contributed by atoms with Crippen LogP contribution >= 0.6 is 0 Å². The molecule has 1 N–H and O–H groups in total. The van der Waals surface area contributed by atoms with E-state index in [0.717, 1.165) is 18.2 Å². The van der Waals surface area contributed by atoms with Crippen molar-refractivity contribution in [1.29, 1.82) is 5.26 Å². The van der Waals surface area contributed by atoms with Crippen LogP contribution in [-0.2, 0) is 9.53 Å². The average Bonchev–Trinajstić information content (AvgIpc) is 2.55. The van der Waals surface area contributed by atoms with Crippen molar-refractivity contribution in [3.05, 3.63) is 65.2 Å². The molecule has 2 aromatic carbocycles. The van der Waals surface area contributed by atoms with E-state index < -0.39 is 35.2 Å². The average molecular weight is 330 g/mol. The topological polar surface area (TPSA) is 79.2 Å². The predicted molar refractivity (Wildman–Crippen MR) is 81.0 cm³/mol. The normalized spacial score (nSPS) is 11.2. The second-order valence-electron chi connectivity index (χ2n) is 4.82. The molecule has 0 spiro atoms. The molecule has 0 saturated heterocycles. The van der Waals surface area contributed by atoms with Crippen molar-refractivity contribution >= 4 is 17.6 Å². The minimum absolute atomic E-state index is 0.388. The van der Waals surface area contributed by atoms with Gasteiger partial charge < -0.3 is 10.1 Å². The molecule has 1 atom stereocenters. The summed E-state index contributed by atoms with van der Waals surface area (Å²) >= 11 is 0. The van der Waals surface area contributed by atoms with Crippen LogP contribution in [0.1, 0.15) is 22.8 Å². The van der Waals surface area contributed by atoms with Crippen molar-refractivity contribution in [2.24, 2.45) is 0 Å². The van der Waals surface area contributed by atoms with E-state index in [1.807, 2.05) is 6.07 Å². The monoisotopic (exact) mass is 330 g/mol. The Kier molecular flexibility index (Phi) is 5.22. The van der Waals surface area contributed by atoms with Gasteiger partial charge in [0, 0.05) is 5.69 Å². The van der Waals surface area contributed by atoms with Crippen LogP contribution < -0.4 is 5.32 Å². The number of carbonyl (C=O) groups excluding carboxylic acids is 2. The van der Waals surface area contributed by atoms with Gasteiger partial charge in [-0.1, -0.05) is 6.07 Å². The third-order valence-electron chi connectivity index (χ3n) is 3.10. The van der Waals surface area contributed by atoms with E-state index in [-0.39, 0.29) is 0 Å². The summed E-state index contributed by atoms with van der Waals surface area (Å²) in [6.45, 7) is 1.27. The van der Waals surface area contributed by atoms with E-state index in [4.69, 9.17) is 10.00 Å². The largest absolute Gasteiger partial charge is 0.449 e. The number of hydrogen-bond donors (Lipinski definition) is 1. The van der Waals surface area contributed by atoms with Crippen LogP contribution in [0.2, 0.25) is 0 Å². The second-order valence-corrected chi connectivity index (χ2v) is 4.82. The molecule has 0 saturated carbocycles. The number of rotatable bonds is 4. The SMILES string of the molecule is C[C@H](OC(=O)c1c(F)cccc1F)C(=O)Nc1ccc(C#N)cc1. The maximum absolute atomic E-state index is 13.5. The lowest BCUT2D eigenvalue weighted by molar-refractivity contribution is -0.123. The standard InChI is InChI=1S/C17H12F2N2O3/c1-10(16(22)21-12-7-5-11(9-20)6-8-12)24-17(23)15-13(18)3-2-4-14(15)19/h2-8,10H,1H3,(H,21,22)/t10-/m0/s1. The smallest absolute Gasteiger partial charge is 0.344 e. The number of carbonyl (C=O) groups is 2. The first-order chi connectivity index (χ1) is 11.4. The Balaban J connectivity index is 2.03. The molecule has 5 nitrogen and oxygen atoms in total. The van der Waals surface area contributed by atoms with Crippen LogP contribution in [0, 0.1) is 23.0 Å². The van der Waals surface area contributed by atoms with E-state index in [2.05, 4.69) is 5.32 Å². The number of halogens is 2. The quantitative estimate of drug-likeness (QED) is 0.874. The van der Waals surface area contributed by atoms with Gasteiger partial charge in [0.25, 0.3) is 5.91 Å². The van der Waals surface area contributed by atoms with Gasteiger partial charge >= 0.3 is 5.97 Å². The zero-order chi connectivity index (χ0) is 17.7. The number of nitrogens with zero attached hydrogens (tertiary/aromatic N) is 1. The van der Waals surface area contributed by atoms with Crippen molar-refractivity contribution in [1.82, 2.24) is 0 Å². The molecule has 0 aliphatic heterocycles. The van der Waals surface area contributed by atoms with Crippen LogP contribution in [-0.4, -0.2) is 18.0 Å². The lowest BCUT2D eigenvalue weighted by atomic mass is 10.2. The van der Waals surface area contributed by atoms with Crippen molar-refractivity contribution in [3.63, 3.8) is 0 Å². The minimum atomic E-state index is -1.27.